The lowest BCUT2D eigenvalue weighted by Crippen LogP contribution is -2.22. The molecule has 1 N–H and O–H groups in total. The van der Waals surface area contributed by atoms with Crippen molar-refractivity contribution in [2.45, 2.75) is 38.1 Å². The van der Waals surface area contributed by atoms with Gasteiger partial charge in [0.15, 0.2) is 0 Å². The van der Waals surface area contributed by atoms with E-state index in [1.807, 2.05) is 28.8 Å². The number of benzene rings is 1. The first-order chi connectivity index (χ1) is 9.78. The smallest absolute Gasteiger partial charge is 0.343 e. The Morgan fingerprint density at radius 2 is 2.00 bits per heavy atom. The van der Waals surface area contributed by atoms with Gasteiger partial charge < -0.3 is 4.74 Å². The highest BCUT2D eigenvalue weighted by atomic mass is 16.5. The highest BCUT2D eigenvalue weighted by Crippen LogP contribution is 2.29. The topological polar surface area (TPSA) is 59.9 Å². The Balaban J connectivity index is 1.84. The summed E-state index contributed by atoms with van der Waals surface area (Å²) in [5.41, 5.74) is 1.05. The summed E-state index contributed by atoms with van der Waals surface area (Å²) in [5.74, 6) is 1.66. The maximum absolute atomic E-state index is 11.9. The standard InChI is InChI=1S/C15H19N3O2/c1-20-13-8-6-11(7-9-13)10-14-16-17-15(19)18(14)12-4-2-3-5-12/h6-9,12H,2-5,10H2,1H3,(H,17,19). The number of hydrogen-bond acceptors (Lipinski definition) is 3. The van der Waals surface area contributed by atoms with Crippen molar-refractivity contribution in [1.82, 2.24) is 14.8 Å². The van der Waals surface area contributed by atoms with Crippen LogP contribution in [-0.2, 0) is 6.42 Å². The van der Waals surface area contributed by atoms with Crippen LogP contribution in [0.25, 0.3) is 0 Å². The normalized spacial score (nSPS) is 15.7. The van der Waals surface area contributed by atoms with Crippen LogP contribution in [0.2, 0.25) is 0 Å². The van der Waals surface area contributed by atoms with E-state index in [4.69, 9.17) is 4.74 Å². The zero-order chi connectivity index (χ0) is 13.9. The maximum atomic E-state index is 11.9. The highest BCUT2D eigenvalue weighted by Gasteiger charge is 2.22. The van der Waals surface area contributed by atoms with Gasteiger partial charge in [0.05, 0.1) is 7.11 Å². The van der Waals surface area contributed by atoms with Gasteiger partial charge in [-0.05, 0) is 30.5 Å². The van der Waals surface area contributed by atoms with E-state index in [0.717, 1.165) is 30.0 Å². The van der Waals surface area contributed by atoms with Crippen molar-refractivity contribution in [3.63, 3.8) is 0 Å². The van der Waals surface area contributed by atoms with E-state index in [1.165, 1.54) is 12.8 Å². The molecular weight excluding hydrogens is 254 g/mol. The van der Waals surface area contributed by atoms with Gasteiger partial charge >= 0.3 is 5.69 Å². The summed E-state index contributed by atoms with van der Waals surface area (Å²) in [6, 6.07) is 8.20. The number of nitrogens with zero attached hydrogens (tertiary/aromatic N) is 2. The molecule has 1 heterocycles. The average Bonchev–Trinajstić information content (AvgIpc) is 3.10. The summed E-state index contributed by atoms with van der Waals surface area (Å²) in [4.78, 5) is 11.9. The molecule has 1 aromatic heterocycles. The van der Waals surface area contributed by atoms with Gasteiger partial charge in [-0.25, -0.2) is 9.89 Å². The molecule has 1 aliphatic rings. The molecule has 0 radical (unpaired) electrons. The molecule has 0 aliphatic heterocycles. The van der Waals surface area contributed by atoms with Crippen LogP contribution >= 0.6 is 0 Å². The molecule has 0 spiro atoms. The van der Waals surface area contributed by atoms with Crippen molar-refractivity contribution >= 4 is 0 Å². The first kappa shape index (κ1) is 13.0. The van der Waals surface area contributed by atoms with E-state index < -0.39 is 0 Å². The lowest BCUT2D eigenvalue weighted by molar-refractivity contribution is 0.414. The van der Waals surface area contributed by atoms with Gasteiger partial charge in [-0.3, -0.25) is 4.57 Å². The minimum Gasteiger partial charge on any atom is -0.497 e. The van der Waals surface area contributed by atoms with Crippen LogP contribution in [-0.4, -0.2) is 21.9 Å². The lowest BCUT2D eigenvalue weighted by atomic mass is 10.1. The molecule has 0 unspecified atom stereocenters. The van der Waals surface area contributed by atoms with E-state index in [0.29, 0.717) is 12.5 Å². The number of hydrogen-bond donors (Lipinski definition) is 1. The van der Waals surface area contributed by atoms with Crippen LogP contribution in [0, 0.1) is 0 Å². The van der Waals surface area contributed by atoms with Crippen LogP contribution in [0.5, 0.6) is 5.75 Å². The molecule has 3 rings (SSSR count). The van der Waals surface area contributed by atoms with E-state index in [-0.39, 0.29) is 5.69 Å². The number of ether oxygens (including phenoxy) is 1. The molecule has 0 atom stereocenters. The monoisotopic (exact) mass is 273 g/mol. The molecule has 1 saturated carbocycles. The van der Waals surface area contributed by atoms with Crippen LogP contribution in [0.15, 0.2) is 29.1 Å². The number of aromatic amines is 1. The van der Waals surface area contributed by atoms with Gasteiger partial charge in [-0.2, -0.15) is 5.10 Å². The zero-order valence-electron chi connectivity index (χ0n) is 11.6. The van der Waals surface area contributed by atoms with Crippen molar-refractivity contribution in [1.29, 1.82) is 0 Å². The van der Waals surface area contributed by atoms with E-state index in [9.17, 15) is 4.79 Å². The minimum absolute atomic E-state index is 0.0830. The number of H-pyrrole nitrogens is 1. The Morgan fingerprint density at radius 1 is 1.30 bits per heavy atom. The first-order valence-corrected chi connectivity index (χ1v) is 7.06. The third-order valence-corrected chi connectivity index (χ3v) is 3.99. The molecule has 20 heavy (non-hydrogen) atoms. The van der Waals surface area contributed by atoms with Crippen molar-refractivity contribution in [3.05, 3.63) is 46.1 Å². The lowest BCUT2D eigenvalue weighted by Gasteiger charge is -2.12. The van der Waals surface area contributed by atoms with E-state index in [1.54, 1.807) is 7.11 Å². The summed E-state index contributed by atoms with van der Waals surface area (Å²) in [5, 5.41) is 6.78. The van der Waals surface area contributed by atoms with Gasteiger partial charge in [0, 0.05) is 12.5 Å². The van der Waals surface area contributed by atoms with E-state index in [2.05, 4.69) is 10.2 Å². The molecule has 106 valence electrons. The van der Waals surface area contributed by atoms with E-state index >= 15 is 0 Å². The van der Waals surface area contributed by atoms with Crippen LogP contribution < -0.4 is 10.4 Å². The Kier molecular flexibility index (Phi) is 3.58. The highest BCUT2D eigenvalue weighted by molar-refractivity contribution is 5.28. The second kappa shape index (κ2) is 5.53. The quantitative estimate of drug-likeness (QED) is 0.929. The fraction of sp³-hybridized carbons (Fsp3) is 0.467. The van der Waals surface area contributed by atoms with Crippen molar-refractivity contribution in [2.24, 2.45) is 0 Å². The third kappa shape index (κ3) is 2.48. The molecule has 1 fully saturated rings. The van der Waals surface area contributed by atoms with Crippen molar-refractivity contribution in [3.8, 4) is 5.75 Å². The number of rotatable bonds is 4. The minimum atomic E-state index is -0.0830. The summed E-state index contributed by atoms with van der Waals surface area (Å²) < 4.78 is 7.00. The fourth-order valence-corrected chi connectivity index (χ4v) is 2.93. The van der Waals surface area contributed by atoms with Crippen LogP contribution in [0.3, 0.4) is 0 Å². The zero-order valence-corrected chi connectivity index (χ0v) is 11.6. The third-order valence-electron chi connectivity index (χ3n) is 3.99. The van der Waals surface area contributed by atoms with Gasteiger partial charge in [-0.15, -0.1) is 0 Å². The van der Waals surface area contributed by atoms with Crippen LogP contribution in [0.4, 0.5) is 0 Å². The maximum Gasteiger partial charge on any atom is 0.343 e. The van der Waals surface area contributed by atoms with Gasteiger partial charge in [0.25, 0.3) is 0 Å². The molecule has 5 nitrogen and oxygen atoms in total. The molecule has 2 aromatic rings. The van der Waals surface area contributed by atoms with Crippen molar-refractivity contribution < 1.29 is 4.74 Å². The summed E-state index contributed by atoms with van der Waals surface area (Å²) >= 11 is 0. The Morgan fingerprint density at radius 3 is 2.65 bits per heavy atom. The summed E-state index contributed by atoms with van der Waals surface area (Å²) in [6.45, 7) is 0. The summed E-state index contributed by atoms with van der Waals surface area (Å²) in [7, 11) is 1.65. The Labute approximate surface area is 117 Å². The Bertz CT molecular complexity index is 621. The molecule has 0 bridgehead atoms. The Hall–Kier alpha value is -2.04. The van der Waals surface area contributed by atoms with Crippen LogP contribution in [0.1, 0.15) is 43.1 Å². The summed E-state index contributed by atoms with van der Waals surface area (Å²) in [6.07, 6.45) is 5.22. The average molecular weight is 273 g/mol. The molecule has 0 amide bonds. The van der Waals surface area contributed by atoms with Gasteiger partial charge in [0.1, 0.15) is 11.6 Å². The second-order valence-corrected chi connectivity index (χ2v) is 5.28. The fourth-order valence-electron chi connectivity index (χ4n) is 2.93. The SMILES string of the molecule is COc1ccc(Cc2n[nH]c(=O)n2C2CCCC2)cc1. The number of methoxy groups -OCH3 is 1. The number of nitrogens with one attached hydrogen (secondary N) is 1. The molecule has 5 heteroatoms. The van der Waals surface area contributed by atoms with Gasteiger partial charge in [0.2, 0.25) is 0 Å². The van der Waals surface area contributed by atoms with Gasteiger partial charge in [-0.1, -0.05) is 25.0 Å². The predicted molar refractivity (Wildman–Crippen MR) is 76.2 cm³/mol. The molecule has 1 aliphatic carbocycles. The largest absolute Gasteiger partial charge is 0.497 e. The first-order valence-electron chi connectivity index (χ1n) is 7.06. The molecule has 1 aromatic carbocycles. The van der Waals surface area contributed by atoms with Crippen molar-refractivity contribution in [2.75, 3.05) is 7.11 Å². The second-order valence-electron chi connectivity index (χ2n) is 5.28. The molecular formula is C15H19N3O2. The predicted octanol–water partition coefficient (Wildman–Crippen LogP) is 2.29. The number of aromatic nitrogens is 3. The molecule has 0 saturated heterocycles.